The maximum absolute atomic E-state index is 6.49. The smallest absolute Gasteiger partial charge is 0.157 e. The summed E-state index contributed by atoms with van der Waals surface area (Å²) in [5.74, 6) is 0.853. The van der Waals surface area contributed by atoms with Gasteiger partial charge >= 0.3 is 0 Å². The highest BCUT2D eigenvalue weighted by Crippen LogP contribution is 2.35. The summed E-state index contributed by atoms with van der Waals surface area (Å²) in [6.07, 6.45) is -0.0295. The van der Waals surface area contributed by atoms with E-state index in [2.05, 4.69) is 84.7 Å². The summed E-state index contributed by atoms with van der Waals surface area (Å²) in [4.78, 5) is 2.34. The van der Waals surface area contributed by atoms with Gasteiger partial charge in [-0.25, -0.2) is 0 Å². The molecule has 4 nitrogen and oxygen atoms in total. The van der Waals surface area contributed by atoms with E-state index in [-0.39, 0.29) is 12.3 Å². The van der Waals surface area contributed by atoms with Gasteiger partial charge in [-0.05, 0) is 50.2 Å². The van der Waals surface area contributed by atoms with Gasteiger partial charge < -0.3 is 19.7 Å². The van der Waals surface area contributed by atoms with Crippen LogP contribution >= 0.6 is 0 Å². The molecular formula is C25H28N2O2. The largest absolute Gasteiger partial charge is 0.497 e. The van der Waals surface area contributed by atoms with Crippen LogP contribution in [-0.2, 0) is 4.74 Å². The van der Waals surface area contributed by atoms with Gasteiger partial charge in [0.2, 0.25) is 0 Å². The van der Waals surface area contributed by atoms with Crippen LogP contribution in [0.3, 0.4) is 0 Å². The number of hydrogen-bond donors (Lipinski definition) is 1. The Balaban J connectivity index is 1.53. The van der Waals surface area contributed by atoms with Crippen molar-refractivity contribution in [3.63, 3.8) is 0 Å². The SMILES string of the molecule is COc1ccc(C2OC(CNc3ccc(C)cc3)CN2c2ccc(C)cc2)cc1. The molecule has 0 saturated carbocycles. The van der Waals surface area contributed by atoms with Gasteiger partial charge in [-0.15, -0.1) is 0 Å². The van der Waals surface area contributed by atoms with Crippen LogP contribution in [0.4, 0.5) is 11.4 Å². The predicted octanol–water partition coefficient (Wildman–Crippen LogP) is 5.33. The third kappa shape index (κ3) is 4.54. The average molecular weight is 389 g/mol. The second-order valence-electron chi connectivity index (χ2n) is 7.62. The van der Waals surface area contributed by atoms with Gasteiger partial charge in [-0.3, -0.25) is 0 Å². The first-order valence-corrected chi connectivity index (χ1v) is 10.1. The Morgan fingerprint density at radius 3 is 2.14 bits per heavy atom. The van der Waals surface area contributed by atoms with E-state index in [1.54, 1.807) is 7.11 Å². The molecule has 0 bridgehead atoms. The van der Waals surface area contributed by atoms with Gasteiger partial charge in [0.1, 0.15) is 5.75 Å². The molecule has 29 heavy (non-hydrogen) atoms. The van der Waals surface area contributed by atoms with Crippen molar-refractivity contribution >= 4 is 11.4 Å². The Morgan fingerprint density at radius 1 is 0.897 bits per heavy atom. The van der Waals surface area contributed by atoms with Crippen LogP contribution in [0, 0.1) is 13.8 Å². The van der Waals surface area contributed by atoms with Crippen molar-refractivity contribution in [2.45, 2.75) is 26.2 Å². The fourth-order valence-corrected chi connectivity index (χ4v) is 3.63. The lowest BCUT2D eigenvalue weighted by molar-refractivity contribution is 0.0554. The fourth-order valence-electron chi connectivity index (χ4n) is 3.63. The Labute approximate surface area is 173 Å². The number of benzene rings is 3. The molecule has 2 atom stereocenters. The highest BCUT2D eigenvalue weighted by molar-refractivity contribution is 5.51. The number of rotatable bonds is 6. The van der Waals surface area contributed by atoms with Crippen LogP contribution in [0.1, 0.15) is 22.9 Å². The number of anilines is 2. The Hall–Kier alpha value is -2.98. The summed E-state index contributed by atoms with van der Waals surface area (Å²) in [5, 5.41) is 3.51. The van der Waals surface area contributed by atoms with Crippen molar-refractivity contribution in [1.82, 2.24) is 0 Å². The monoisotopic (exact) mass is 388 g/mol. The highest BCUT2D eigenvalue weighted by atomic mass is 16.5. The summed E-state index contributed by atoms with van der Waals surface area (Å²) in [6.45, 7) is 5.80. The van der Waals surface area contributed by atoms with E-state index < -0.39 is 0 Å². The first-order valence-electron chi connectivity index (χ1n) is 10.1. The zero-order valence-electron chi connectivity index (χ0n) is 17.3. The predicted molar refractivity (Wildman–Crippen MR) is 119 cm³/mol. The van der Waals surface area contributed by atoms with Crippen molar-refractivity contribution in [2.75, 3.05) is 30.4 Å². The van der Waals surface area contributed by atoms with Gasteiger partial charge in [0, 0.05) is 30.0 Å². The summed E-state index contributed by atoms with van der Waals surface area (Å²) >= 11 is 0. The zero-order valence-corrected chi connectivity index (χ0v) is 17.3. The Bertz CT molecular complexity index is 921. The van der Waals surface area contributed by atoms with Crippen molar-refractivity contribution in [1.29, 1.82) is 0 Å². The van der Waals surface area contributed by atoms with E-state index in [1.807, 2.05) is 12.1 Å². The minimum Gasteiger partial charge on any atom is -0.497 e. The van der Waals surface area contributed by atoms with Crippen LogP contribution in [-0.4, -0.2) is 26.3 Å². The van der Waals surface area contributed by atoms with Crippen molar-refractivity contribution in [3.05, 3.63) is 89.5 Å². The molecule has 1 aliphatic heterocycles. The summed E-state index contributed by atoms with van der Waals surface area (Å²) in [6, 6.07) is 25.3. The Morgan fingerprint density at radius 2 is 1.52 bits per heavy atom. The molecule has 0 radical (unpaired) electrons. The zero-order chi connectivity index (χ0) is 20.2. The number of methoxy groups -OCH3 is 1. The van der Waals surface area contributed by atoms with Crippen LogP contribution in [0.25, 0.3) is 0 Å². The lowest BCUT2D eigenvalue weighted by atomic mass is 10.1. The van der Waals surface area contributed by atoms with Crippen LogP contribution < -0.4 is 15.0 Å². The molecule has 150 valence electrons. The standard InChI is InChI=1S/C25H28N2O2/c1-18-4-10-21(11-5-18)26-16-24-17-27(22-12-6-19(2)7-13-22)25(29-24)20-8-14-23(28-3)15-9-20/h4-15,24-26H,16-17H2,1-3H3. The third-order valence-corrected chi connectivity index (χ3v) is 5.36. The molecule has 0 spiro atoms. The molecule has 1 heterocycles. The lowest BCUT2D eigenvalue weighted by Gasteiger charge is -2.25. The molecule has 3 aromatic carbocycles. The first-order chi connectivity index (χ1) is 14.1. The first kappa shape index (κ1) is 19.3. The minimum atomic E-state index is -0.117. The molecule has 2 unspecified atom stereocenters. The number of aryl methyl sites for hydroxylation is 2. The molecule has 0 aromatic heterocycles. The normalized spacial score (nSPS) is 18.7. The van der Waals surface area contributed by atoms with E-state index >= 15 is 0 Å². The number of hydrogen-bond acceptors (Lipinski definition) is 4. The van der Waals surface area contributed by atoms with Gasteiger partial charge in [0.25, 0.3) is 0 Å². The molecule has 0 amide bonds. The molecule has 1 aliphatic rings. The van der Waals surface area contributed by atoms with Crippen LogP contribution in [0.5, 0.6) is 5.75 Å². The summed E-state index contributed by atoms with van der Waals surface area (Å²) < 4.78 is 11.8. The number of ether oxygens (including phenoxy) is 2. The molecule has 1 fully saturated rings. The van der Waals surface area contributed by atoms with Gasteiger partial charge in [0.15, 0.2) is 6.23 Å². The quantitative estimate of drug-likeness (QED) is 0.619. The van der Waals surface area contributed by atoms with E-state index in [0.717, 1.165) is 30.1 Å². The van der Waals surface area contributed by atoms with Gasteiger partial charge in [-0.1, -0.05) is 47.5 Å². The van der Waals surface area contributed by atoms with Crippen LogP contribution in [0.15, 0.2) is 72.8 Å². The second kappa shape index (κ2) is 8.58. The maximum atomic E-state index is 6.49. The van der Waals surface area contributed by atoms with Crippen molar-refractivity contribution in [3.8, 4) is 5.75 Å². The molecule has 1 saturated heterocycles. The second-order valence-corrected chi connectivity index (χ2v) is 7.62. The van der Waals surface area contributed by atoms with E-state index in [9.17, 15) is 0 Å². The van der Waals surface area contributed by atoms with E-state index in [1.165, 1.54) is 16.8 Å². The van der Waals surface area contributed by atoms with Crippen molar-refractivity contribution < 1.29 is 9.47 Å². The topological polar surface area (TPSA) is 33.7 Å². The fraction of sp³-hybridized carbons (Fsp3) is 0.280. The summed E-state index contributed by atoms with van der Waals surface area (Å²) in [5.41, 5.74) is 5.94. The number of nitrogens with one attached hydrogen (secondary N) is 1. The van der Waals surface area contributed by atoms with Crippen LogP contribution in [0.2, 0.25) is 0 Å². The molecule has 1 N–H and O–H groups in total. The molecular weight excluding hydrogens is 360 g/mol. The molecule has 4 rings (SSSR count). The number of nitrogens with zero attached hydrogens (tertiary/aromatic N) is 1. The van der Waals surface area contributed by atoms with Crippen molar-refractivity contribution in [2.24, 2.45) is 0 Å². The minimum absolute atomic E-state index is 0.0877. The average Bonchev–Trinajstić information content (AvgIpc) is 3.18. The molecule has 3 aromatic rings. The third-order valence-electron chi connectivity index (χ3n) is 5.36. The molecule has 4 heteroatoms. The highest BCUT2D eigenvalue weighted by Gasteiger charge is 2.34. The van der Waals surface area contributed by atoms with E-state index in [0.29, 0.717) is 0 Å². The maximum Gasteiger partial charge on any atom is 0.157 e. The Kier molecular flexibility index (Phi) is 5.72. The lowest BCUT2D eigenvalue weighted by Crippen LogP contribution is -2.27. The van der Waals surface area contributed by atoms with E-state index in [4.69, 9.17) is 9.47 Å². The van der Waals surface area contributed by atoms with Gasteiger partial charge in [-0.2, -0.15) is 0 Å². The van der Waals surface area contributed by atoms with Gasteiger partial charge in [0.05, 0.1) is 13.2 Å². The summed E-state index contributed by atoms with van der Waals surface area (Å²) in [7, 11) is 1.69. The molecule has 0 aliphatic carbocycles.